The van der Waals surface area contributed by atoms with Crippen LogP contribution in [0.15, 0.2) is 29.6 Å². The SMILES string of the molecule is CCN(CC)CCCN(C(=O)CCl)c1nc(-c2ccc(Cl)cc2)cs1.Cl. The van der Waals surface area contributed by atoms with Crippen LogP contribution in [0.1, 0.15) is 20.3 Å². The largest absolute Gasteiger partial charge is 0.304 e. The summed E-state index contributed by atoms with van der Waals surface area (Å²) in [6.07, 6.45) is 0.889. The Morgan fingerprint density at radius 2 is 1.81 bits per heavy atom. The van der Waals surface area contributed by atoms with Crippen LogP contribution in [0.5, 0.6) is 0 Å². The second kappa shape index (κ2) is 11.8. The van der Waals surface area contributed by atoms with Gasteiger partial charge in [-0.15, -0.1) is 35.3 Å². The van der Waals surface area contributed by atoms with Gasteiger partial charge in [-0.3, -0.25) is 9.69 Å². The number of alkyl halides is 1. The van der Waals surface area contributed by atoms with Crippen molar-refractivity contribution < 1.29 is 4.79 Å². The van der Waals surface area contributed by atoms with Gasteiger partial charge in [0.1, 0.15) is 5.88 Å². The summed E-state index contributed by atoms with van der Waals surface area (Å²) in [5, 5.41) is 3.34. The molecule has 1 heterocycles. The fourth-order valence-electron chi connectivity index (χ4n) is 2.53. The van der Waals surface area contributed by atoms with E-state index in [0.717, 1.165) is 37.3 Å². The third-order valence-corrected chi connectivity index (χ3v) is 5.37. The van der Waals surface area contributed by atoms with Crippen molar-refractivity contribution in [3.63, 3.8) is 0 Å². The van der Waals surface area contributed by atoms with Gasteiger partial charge in [0.2, 0.25) is 5.91 Å². The summed E-state index contributed by atoms with van der Waals surface area (Å²) in [7, 11) is 0. The van der Waals surface area contributed by atoms with Gasteiger partial charge in [0.05, 0.1) is 5.69 Å². The molecule has 1 aromatic heterocycles. The standard InChI is InChI=1S/C18H23Cl2N3OS.ClH/c1-3-22(4-2)10-5-11-23(17(24)12-19)18-21-16(13-25-18)14-6-8-15(20)9-7-14;/h6-9,13H,3-5,10-12H2,1-2H3;1H. The summed E-state index contributed by atoms with van der Waals surface area (Å²) in [5.74, 6) is -0.153. The number of amides is 1. The number of hydrogen-bond acceptors (Lipinski definition) is 4. The van der Waals surface area contributed by atoms with Crippen LogP contribution in [0.25, 0.3) is 11.3 Å². The van der Waals surface area contributed by atoms with Gasteiger partial charge in [0.15, 0.2) is 5.13 Å². The smallest absolute Gasteiger partial charge is 0.243 e. The van der Waals surface area contributed by atoms with Gasteiger partial charge < -0.3 is 4.90 Å². The van der Waals surface area contributed by atoms with Gasteiger partial charge in [-0.1, -0.05) is 37.6 Å². The topological polar surface area (TPSA) is 36.4 Å². The Labute approximate surface area is 175 Å². The third-order valence-electron chi connectivity index (χ3n) is 4.03. The first-order valence-electron chi connectivity index (χ1n) is 8.39. The predicted molar refractivity (Wildman–Crippen MR) is 115 cm³/mol. The van der Waals surface area contributed by atoms with E-state index in [1.807, 2.05) is 29.6 Å². The van der Waals surface area contributed by atoms with Crippen molar-refractivity contribution in [3.8, 4) is 11.3 Å². The fourth-order valence-corrected chi connectivity index (χ4v) is 3.68. The molecule has 0 aliphatic carbocycles. The summed E-state index contributed by atoms with van der Waals surface area (Å²) in [6, 6.07) is 7.52. The number of anilines is 1. The number of halogens is 3. The maximum Gasteiger partial charge on any atom is 0.243 e. The molecule has 0 aliphatic heterocycles. The number of carbonyl (C=O) groups is 1. The first-order chi connectivity index (χ1) is 12.1. The highest BCUT2D eigenvalue weighted by atomic mass is 35.5. The molecule has 0 N–H and O–H groups in total. The average Bonchev–Trinajstić information content (AvgIpc) is 3.11. The number of hydrogen-bond donors (Lipinski definition) is 0. The number of aromatic nitrogens is 1. The molecular weight excluding hydrogens is 413 g/mol. The van der Waals surface area contributed by atoms with E-state index in [-0.39, 0.29) is 24.2 Å². The maximum absolute atomic E-state index is 12.2. The third kappa shape index (κ3) is 6.39. The van der Waals surface area contributed by atoms with Crippen LogP contribution < -0.4 is 4.90 Å². The lowest BCUT2D eigenvalue weighted by molar-refractivity contribution is -0.116. The van der Waals surface area contributed by atoms with Crippen LogP contribution >= 0.6 is 46.9 Å². The van der Waals surface area contributed by atoms with E-state index in [1.54, 1.807) is 4.90 Å². The normalized spacial score (nSPS) is 10.7. The summed E-state index contributed by atoms with van der Waals surface area (Å²) < 4.78 is 0. The molecule has 2 aromatic rings. The molecule has 144 valence electrons. The van der Waals surface area contributed by atoms with E-state index in [9.17, 15) is 4.79 Å². The Balaban J connectivity index is 0.00000338. The second-order valence-electron chi connectivity index (χ2n) is 5.58. The van der Waals surface area contributed by atoms with Crippen LogP contribution in [-0.4, -0.2) is 47.9 Å². The van der Waals surface area contributed by atoms with E-state index in [0.29, 0.717) is 16.7 Å². The molecule has 0 unspecified atom stereocenters. The molecule has 0 saturated carbocycles. The molecule has 0 aliphatic rings. The lowest BCUT2D eigenvalue weighted by Crippen LogP contribution is -2.35. The Bertz CT molecular complexity index is 675. The highest BCUT2D eigenvalue weighted by Gasteiger charge is 2.18. The van der Waals surface area contributed by atoms with Gasteiger partial charge in [0.25, 0.3) is 0 Å². The van der Waals surface area contributed by atoms with Crippen LogP contribution in [0.2, 0.25) is 5.02 Å². The molecule has 0 radical (unpaired) electrons. The summed E-state index contributed by atoms with van der Waals surface area (Å²) >= 11 is 13.2. The molecule has 0 bridgehead atoms. The van der Waals surface area contributed by atoms with Gasteiger partial charge in [-0.05, 0) is 38.2 Å². The zero-order valence-corrected chi connectivity index (χ0v) is 18.1. The van der Waals surface area contributed by atoms with Crippen molar-refractivity contribution >= 4 is 58.0 Å². The predicted octanol–water partition coefficient (Wildman–Crippen LogP) is 5.19. The van der Waals surface area contributed by atoms with Crippen LogP contribution in [0, 0.1) is 0 Å². The summed E-state index contributed by atoms with van der Waals surface area (Å²) in [6.45, 7) is 7.88. The lowest BCUT2D eigenvalue weighted by Gasteiger charge is -2.22. The van der Waals surface area contributed by atoms with Gasteiger partial charge >= 0.3 is 0 Å². The molecule has 0 spiro atoms. The monoisotopic (exact) mass is 435 g/mol. The zero-order valence-electron chi connectivity index (χ0n) is 15.0. The fraction of sp³-hybridized carbons (Fsp3) is 0.444. The summed E-state index contributed by atoms with van der Waals surface area (Å²) in [4.78, 5) is 20.9. The van der Waals surface area contributed by atoms with Crippen LogP contribution in [0.3, 0.4) is 0 Å². The molecule has 4 nitrogen and oxygen atoms in total. The average molecular weight is 437 g/mol. The Hall–Kier alpha value is -0.850. The number of rotatable bonds is 9. The Morgan fingerprint density at radius 3 is 2.38 bits per heavy atom. The van der Waals surface area contributed by atoms with Crippen LogP contribution in [-0.2, 0) is 4.79 Å². The minimum atomic E-state index is -0.113. The Kier molecular flexibility index (Phi) is 10.5. The number of benzene rings is 1. The lowest BCUT2D eigenvalue weighted by atomic mass is 10.2. The first kappa shape index (κ1) is 23.2. The molecule has 0 atom stereocenters. The highest BCUT2D eigenvalue weighted by molar-refractivity contribution is 7.14. The van der Waals surface area contributed by atoms with Crippen molar-refractivity contribution in [2.24, 2.45) is 0 Å². The van der Waals surface area contributed by atoms with Crippen molar-refractivity contribution in [1.82, 2.24) is 9.88 Å². The van der Waals surface area contributed by atoms with Crippen molar-refractivity contribution in [3.05, 3.63) is 34.7 Å². The molecular formula is C18H24Cl3N3OS. The van der Waals surface area contributed by atoms with E-state index in [4.69, 9.17) is 23.2 Å². The molecule has 8 heteroatoms. The van der Waals surface area contributed by atoms with Gasteiger partial charge in [-0.2, -0.15) is 0 Å². The maximum atomic E-state index is 12.2. The number of thiazole rings is 1. The molecule has 0 fully saturated rings. The zero-order chi connectivity index (χ0) is 18.2. The van der Waals surface area contributed by atoms with E-state index in [2.05, 4.69) is 23.7 Å². The highest BCUT2D eigenvalue weighted by Crippen LogP contribution is 2.28. The second-order valence-corrected chi connectivity index (χ2v) is 7.12. The van der Waals surface area contributed by atoms with Crippen molar-refractivity contribution in [1.29, 1.82) is 0 Å². The first-order valence-corrected chi connectivity index (χ1v) is 10.2. The van der Waals surface area contributed by atoms with Gasteiger partial charge in [-0.25, -0.2) is 4.98 Å². The van der Waals surface area contributed by atoms with Crippen molar-refractivity contribution in [2.75, 3.05) is 37.0 Å². The minimum Gasteiger partial charge on any atom is -0.304 e. The van der Waals surface area contributed by atoms with E-state index in [1.165, 1.54) is 11.3 Å². The van der Waals surface area contributed by atoms with E-state index >= 15 is 0 Å². The number of carbonyl (C=O) groups excluding carboxylic acids is 1. The van der Waals surface area contributed by atoms with Gasteiger partial charge in [0, 0.05) is 22.5 Å². The molecule has 26 heavy (non-hydrogen) atoms. The molecule has 1 amide bonds. The van der Waals surface area contributed by atoms with Crippen molar-refractivity contribution in [2.45, 2.75) is 20.3 Å². The molecule has 1 aromatic carbocycles. The Morgan fingerprint density at radius 1 is 1.15 bits per heavy atom. The quantitative estimate of drug-likeness (QED) is 0.508. The molecule has 2 rings (SSSR count). The number of nitrogens with zero attached hydrogens (tertiary/aromatic N) is 3. The van der Waals surface area contributed by atoms with Crippen LogP contribution in [0.4, 0.5) is 5.13 Å². The summed E-state index contributed by atoms with van der Waals surface area (Å²) in [5.41, 5.74) is 1.82. The van der Waals surface area contributed by atoms with E-state index < -0.39 is 0 Å². The minimum absolute atomic E-state index is 0. The molecule has 0 saturated heterocycles.